The number of carbonyl (C=O) groups is 1. The molecule has 4 aromatic rings. The van der Waals surface area contributed by atoms with Gasteiger partial charge in [0, 0.05) is 18.8 Å². The van der Waals surface area contributed by atoms with E-state index in [2.05, 4.69) is 11.9 Å². The molecule has 1 aliphatic rings. The minimum absolute atomic E-state index is 0.0134. The van der Waals surface area contributed by atoms with Crippen LogP contribution in [0.2, 0.25) is 0 Å². The summed E-state index contributed by atoms with van der Waals surface area (Å²) in [5.74, 6) is 3.05. The number of imidazole rings is 1. The smallest absolute Gasteiger partial charge is 0.238 e. The quantitative estimate of drug-likeness (QED) is 0.331. The first-order valence-electron chi connectivity index (χ1n) is 11.6. The number of fused-ring (bicyclic) bond motifs is 1. The van der Waals surface area contributed by atoms with E-state index in [4.69, 9.17) is 20.2 Å². The highest BCUT2D eigenvalue weighted by molar-refractivity contribution is 8.04. The monoisotopic (exact) mass is 500 g/mol. The molecule has 1 unspecified atom stereocenters. The van der Waals surface area contributed by atoms with E-state index in [9.17, 15) is 4.79 Å². The Kier molecular flexibility index (Phi) is 6.36. The van der Waals surface area contributed by atoms with E-state index in [0.29, 0.717) is 18.1 Å². The van der Waals surface area contributed by atoms with E-state index in [1.807, 2.05) is 80.1 Å². The summed E-state index contributed by atoms with van der Waals surface area (Å²) in [6.45, 7) is 8.09. The predicted octanol–water partition coefficient (Wildman–Crippen LogP) is 5.39. The summed E-state index contributed by atoms with van der Waals surface area (Å²) in [6, 6.07) is 17.6. The molecule has 1 aliphatic heterocycles. The van der Waals surface area contributed by atoms with E-state index in [1.54, 1.807) is 0 Å². The van der Waals surface area contributed by atoms with Crippen molar-refractivity contribution in [3.8, 4) is 17.2 Å². The number of nitrogens with zero attached hydrogens (tertiary/aromatic N) is 2. The molecule has 184 valence electrons. The summed E-state index contributed by atoms with van der Waals surface area (Å²) in [6.07, 6.45) is 0.653. The Labute approximate surface area is 214 Å². The normalized spacial score (nSPS) is 15.4. The molecular formula is C28H28N4O3S. The number of nitrogens with two attached hydrogens (primary N) is 1. The molecule has 0 spiro atoms. The molecule has 0 radical (unpaired) electrons. The van der Waals surface area contributed by atoms with Gasteiger partial charge in [-0.1, -0.05) is 30.5 Å². The van der Waals surface area contributed by atoms with Gasteiger partial charge in [0.05, 0.1) is 21.3 Å². The number of aryl methyl sites for hydroxylation is 3. The molecule has 2 heterocycles. The van der Waals surface area contributed by atoms with Gasteiger partial charge in [0.25, 0.3) is 0 Å². The third kappa shape index (κ3) is 4.90. The van der Waals surface area contributed by atoms with Gasteiger partial charge in [-0.2, -0.15) is 0 Å². The zero-order valence-electron chi connectivity index (χ0n) is 20.5. The molecule has 5 rings (SSSR count). The number of anilines is 1. The van der Waals surface area contributed by atoms with E-state index < -0.39 is 0 Å². The van der Waals surface area contributed by atoms with Crippen LogP contribution in [0.5, 0.6) is 17.2 Å². The molecule has 7 nitrogen and oxygen atoms in total. The number of benzene rings is 3. The molecular weight excluding hydrogens is 472 g/mol. The molecule has 1 amide bonds. The maximum absolute atomic E-state index is 11.9. The Bertz CT molecular complexity index is 1450. The fourth-order valence-electron chi connectivity index (χ4n) is 4.23. The van der Waals surface area contributed by atoms with E-state index >= 15 is 0 Å². The molecule has 3 aromatic carbocycles. The van der Waals surface area contributed by atoms with Crippen LogP contribution in [0.15, 0.2) is 66.2 Å². The van der Waals surface area contributed by atoms with Crippen molar-refractivity contribution in [1.29, 1.82) is 0 Å². The highest BCUT2D eigenvalue weighted by Crippen LogP contribution is 2.31. The first-order chi connectivity index (χ1) is 17.3. The SMILES string of the molecule is C=C1NC(=O)C(Cc2ccc(OCc3nc4ccc(Oc5cc(C)c(N)c(C)c5)cc4n3C)cc2)S1. The number of nitrogens with one attached hydrogen (secondary N) is 1. The van der Waals surface area contributed by atoms with Crippen LogP contribution in [0, 0.1) is 13.8 Å². The van der Waals surface area contributed by atoms with Crippen LogP contribution in [0.4, 0.5) is 5.69 Å². The van der Waals surface area contributed by atoms with Gasteiger partial charge < -0.3 is 25.1 Å². The van der Waals surface area contributed by atoms with Crippen LogP contribution in [0.3, 0.4) is 0 Å². The third-order valence-corrected chi connectivity index (χ3v) is 7.35. The van der Waals surface area contributed by atoms with Gasteiger partial charge in [-0.05, 0) is 73.4 Å². The van der Waals surface area contributed by atoms with Crippen molar-refractivity contribution in [1.82, 2.24) is 14.9 Å². The Morgan fingerprint density at radius 1 is 1.06 bits per heavy atom. The van der Waals surface area contributed by atoms with Crippen molar-refractivity contribution in [2.45, 2.75) is 32.1 Å². The fraction of sp³-hybridized carbons (Fsp3) is 0.214. The van der Waals surface area contributed by atoms with Gasteiger partial charge in [-0.25, -0.2) is 4.98 Å². The van der Waals surface area contributed by atoms with Gasteiger partial charge in [0.2, 0.25) is 5.91 Å². The first-order valence-corrected chi connectivity index (χ1v) is 12.5. The maximum Gasteiger partial charge on any atom is 0.238 e. The second-order valence-corrected chi connectivity index (χ2v) is 10.3. The Morgan fingerprint density at radius 2 is 1.75 bits per heavy atom. The van der Waals surface area contributed by atoms with Crippen LogP contribution >= 0.6 is 11.8 Å². The number of thioether (sulfide) groups is 1. The van der Waals surface area contributed by atoms with Crippen molar-refractivity contribution in [2.75, 3.05) is 5.73 Å². The summed E-state index contributed by atoms with van der Waals surface area (Å²) in [4.78, 5) is 16.7. The maximum atomic E-state index is 11.9. The zero-order chi connectivity index (χ0) is 25.4. The number of hydrogen-bond acceptors (Lipinski definition) is 6. The Balaban J connectivity index is 1.25. The molecule has 3 N–H and O–H groups in total. The van der Waals surface area contributed by atoms with E-state index in [1.165, 1.54) is 11.8 Å². The molecule has 8 heteroatoms. The number of rotatable bonds is 7. The lowest BCUT2D eigenvalue weighted by molar-refractivity contribution is -0.119. The second kappa shape index (κ2) is 9.62. The molecule has 0 aliphatic carbocycles. The van der Waals surface area contributed by atoms with E-state index in [0.717, 1.165) is 56.5 Å². The van der Waals surface area contributed by atoms with Crippen molar-refractivity contribution < 1.29 is 14.3 Å². The number of carbonyl (C=O) groups excluding carboxylic acids is 1. The van der Waals surface area contributed by atoms with Crippen LogP contribution < -0.4 is 20.5 Å². The van der Waals surface area contributed by atoms with Crippen LogP contribution in [0.1, 0.15) is 22.5 Å². The largest absolute Gasteiger partial charge is 0.486 e. The topological polar surface area (TPSA) is 91.4 Å². The van der Waals surface area contributed by atoms with Gasteiger partial charge in [0.1, 0.15) is 29.7 Å². The molecule has 1 saturated heterocycles. The number of ether oxygens (including phenoxy) is 2. The predicted molar refractivity (Wildman–Crippen MR) is 144 cm³/mol. The molecule has 1 atom stereocenters. The molecule has 36 heavy (non-hydrogen) atoms. The summed E-state index contributed by atoms with van der Waals surface area (Å²) in [5.41, 5.74) is 11.7. The summed E-state index contributed by atoms with van der Waals surface area (Å²) < 4.78 is 14.1. The molecule has 1 aromatic heterocycles. The highest BCUT2D eigenvalue weighted by Gasteiger charge is 2.27. The molecule has 0 bridgehead atoms. The lowest BCUT2D eigenvalue weighted by Gasteiger charge is -2.11. The minimum Gasteiger partial charge on any atom is -0.486 e. The van der Waals surface area contributed by atoms with Gasteiger partial charge in [-0.3, -0.25) is 4.79 Å². The zero-order valence-corrected chi connectivity index (χ0v) is 21.3. The number of aromatic nitrogens is 2. The number of amides is 1. The standard InChI is InChI=1S/C28H28N4O3S/c1-16-11-22(12-17(2)27(16)29)35-21-9-10-23-24(14-21)32(4)26(31-23)15-34-20-7-5-19(6-8-20)13-25-28(33)30-18(3)36-25/h5-12,14,25H,3,13,15,29H2,1-2,4H3,(H,30,33). The average molecular weight is 501 g/mol. The third-order valence-electron chi connectivity index (χ3n) is 6.30. The van der Waals surface area contributed by atoms with Crippen LogP contribution in [-0.2, 0) is 24.9 Å². The van der Waals surface area contributed by atoms with Crippen LogP contribution in [-0.4, -0.2) is 20.7 Å². The van der Waals surface area contributed by atoms with Crippen LogP contribution in [0.25, 0.3) is 11.0 Å². The van der Waals surface area contributed by atoms with Crippen molar-refractivity contribution in [3.05, 3.63) is 88.7 Å². The molecule has 1 fully saturated rings. The summed E-state index contributed by atoms with van der Waals surface area (Å²) >= 11 is 1.48. The Hall–Kier alpha value is -3.91. The highest BCUT2D eigenvalue weighted by atomic mass is 32.2. The summed E-state index contributed by atoms with van der Waals surface area (Å²) in [7, 11) is 1.97. The fourth-order valence-corrected chi connectivity index (χ4v) is 5.18. The second-order valence-electron chi connectivity index (χ2n) is 8.97. The average Bonchev–Trinajstić information content (AvgIpc) is 3.34. The van der Waals surface area contributed by atoms with Gasteiger partial charge >= 0.3 is 0 Å². The number of hydrogen-bond donors (Lipinski definition) is 2. The lowest BCUT2D eigenvalue weighted by Crippen LogP contribution is -2.23. The van der Waals surface area contributed by atoms with Crippen molar-refractivity contribution in [2.24, 2.45) is 7.05 Å². The van der Waals surface area contributed by atoms with Gasteiger partial charge in [-0.15, -0.1) is 0 Å². The van der Waals surface area contributed by atoms with Crippen molar-refractivity contribution in [3.63, 3.8) is 0 Å². The van der Waals surface area contributed by atoms with Gasteiger partial charge in [0.15, 0.2) is 0 Å². The number of nitrogen functional groups attached to an aromatic ring is 1. The van der Waals surface area contributed by atoms with E-state index in [-0.39, 0.29) is 11.2 Å². The minimum atomic E-state index is -0.133. The summed E-state index contributed by atoms with van der Waals surface area (Å²) in [5, 5.41) is 3.33. The lowest BCUT2D eigenvalue weighted by atomic mass is 10.1. The Morgan fingerprint density at radius 3 is 2.42 bits per heavy atom. The molecule has 0 saturated carbocycles. The first kappa shape index (κ1) is 23.8. The van der Waals surface area contributed by atoms with Crippen molar-refractivity contribution >= 4 is 34.4 Å².